The summed E-state index contributed by atoms with van der Waals surface area (Å²) in [5.41, 5.74) is 2.67. The number of rotatable bonds is 0. The lowest BCUT2D eigenvalue weighted by Crippen LogP contribution is -2.13. The molecule has 0 atom stereocenters. The number of halogens is 1. The minimum Gasteiger partial charge on any atom is -0.470 e. The summed E-state index contributed by atoms with van der Waals surface area (Å²) in [6, 6.07) is 9.59. The zero-order valence-electron chi connectivity index (χ0n) is 9.30. The van der Waals surface area contributed by atoms with Crippen molar-refractivity contribution >= 4 is 22.6 Å². The van der Waals surface area contributed by atoms with Gasteiger partial charge in [0.15, 0.2) is 6.73 Å². The van der Waals surface area contributed by atoms with Crippen LogP contribution in [0.25, 0.3) is 22.4 Å². The fraction of sp³-hybridized carbons (Fsp3) is 0.0769. The smallest absolute Gasteiger partial charge is 0.167 e. The van der Waals surface area contributed by atoms with Gasteiger partial charge >= 0.3 is 0 Å². The molecule has 4 heterocycles. The lowest BCUT2D eigenvalue weighted by Gasteiger charge is -2.19. The van der Waals surface area contributed by atoms with E-state index in [1.165, 1.54) is 0 Å². The van der Waals surface area contributed by atoms with Gasteiger partial charge in [0.25, 0.3) is 0 Å². The first-order valence-electron chi connectivity index (χ1n) is 5.57. The van der Waals surface area contributed by atoms with Crippen LogP contribution in [-0.2, 0) is 6.73 Å². The first-order valence-corrected chi connectivity index (χ1v) is 5.95. The van der Waals surface area contributed by atoms with Gasteiger partial charge in [-0.05, 0) is 30.3 Å². The molecule has 0 aliphatic carbocycles. The molecule has 3 aromatic rings. The van der Waals surface area contributed by atoms with Gasteiger partial charge in [0, 0.05) is 11.6 Å². The molecule has 0 aromatic carbocycles. The molecular formula is C13H8ClN3O. The molecule has 4 nitrogen and oxygen atoms in total. The Morgan fingerprint density at radius 2 is 2.22 bits per heavy atom. The van der Waals surface area contributed by atoms with E-state index in [-0.39, 0.29) is 0 Å². The van der Waals surface area contributed by atoms with Crippen molar-refractivity contribution in [3.8, 4) is 17.1 Å². The minimum atomic E-state index is 0.451. The van der Waals surface area contributed by atoms with Crippen molar-refractivity contribution in [2.45, 2.75) is 6.73 Å². The summed E-state index contributed by atoms with van der Waals surface area (Å²) >= 11 is 5.95. The molecule has 1 aliphatic heterocycles. The van der Waals surface area contributed by atoms with Crippen molar-refractivity contribution in [3.05, 3.63) is 41.7 Å². The van der Waals surface area contributed by atoms with Crippen LogP contribution in [0.15, 0.2) is 36.5 Å². The third-order valence-corrected chi connectivity index (χ3v) is 3.28. The van der Waals surface area contributed by atoms with Crippen LogP contribution < -0.4 is 4.74 Å². The van der Waals surface area contributed by atoms with Crippen LogP contribution >= 0.6 is 11.6 Å². The largest absolute Gasteiger partial charge is 0.470 e. The summed E-state index contributed by atoms with van der Waals surface area (Å²) < 4.78 is 7.67. The molecule has 0 spiro atoms. The van der Waals surface area contributed by atoms with Crippen LogP contribution in [-0.4, -0.2) is 14.5 Å². The fourth-order valence-corrected chi connectivity index (χ4v) is 2.42. The molecule has 0 saturated carbocycles. The van der Waals surface area contributed by atoms with Crippen LogP contribution in [0.5, 0.6) is 5.75 Å². The van der Waals surface area contributed by atoms with Gasteiger partial charge in [0.2, 0.25) is 0 Å². The fourth-order valence-electron chi connectivity index (χ4n) is 2.27. The van der Waals surface area contributed by atoms with E-state index in [0.717, 1.165) is 28.2 Å². The Balaban J connectivity index is 2.08. The Hall–Kier alpha value is -2.07. The van der Waals surface area contributed by atoms with E-state index in [2.05, 4.69) is 16.0 Å². The summed E-state index contributed by atoms with van der Waals surface area (Å²) in [4.78, 5) is 8.71. The second kappa shape index (κ2) is 3.46. The van der Waals surface area contributed by atoms with Crippen LogP contribution in [0.3, 0.4) is 0 Å². The van der Waals surface area contributed by atoms with Crippen molar-refractivity contribution in [3.63, 3.8) is 0 Å². The van der Waals surface area contributed by atoms with Gasteiger partial charge in [-0.15, -0.1) is 0 Å². The van der Waals surface area contributed by atoms with Gasteiger partial charge in [-0.25, -0.2) is 9.97 Å². The topological polar surface area (TPSA) is 39.9 Å². The highest BCUT2D eigenvalue weighted by atomic mass is 35.5. The first kappa shape index (κ1) is 9.91. The van der Waals surface area contributed by atoms with Crippen LogP contribution in [0.1, 0.15) is 0 Å². The molecule has 5 heteroatoms. The molecular weight excluding hydrogens is 250 g/mol. The zero-order chi connectivity index (χ0) is 12.1. The summed E-state index contributed by atoms with van der Waals surface area (Å²) in [5.74, 6) is 0.759. The average Bonchev–Trinajstić information content (AvgIpc) is 2.78. The molecule has 0 amide bonds. The maximum absolute atomic E-state index is 5.95. The highest BCUT2D eigenvalue weighted by molar-refractivity contribution is 6.29. The molecule has 0 bridgehead atoms. The Bertz CT molecular complexity index is 766. The lowest BCUT2D eigenvalue weighted by atomic mass is 10.2. The molecule has 0 saturated heterocycles. The molecule has 0 unspecified atom stereocenters. The van der Waals surface area contributed by atoms with Gasteiger partial charge in [-0.2, -0.15) is 0 Å². The molecule has 88 valence electrons. The van der Waals surface area contributed by atoms with E-state index < -0.39 is 0 Å². The normalized spacial score (nSPS) is 12.9. The van der Waals surface area contributed by atoms with Crippen LogP contribution in [0.4, 0.5) is 0 Å². The Labute approximate surface area is 108 Å². The highest BCUT2D eigenvalue weighted by Gasteiger charge is 2.21. The predicted molar refractivity (Wildman–Crippen MR) is 68.6 cm³/mol. The van der Waals surface area contributed by atoms with Gasteiger partial charge < -0.3 is 4.74 Å². The van der Waals surface area contributed by atoms with Crippen molar-refractivity contribution < 1.29 is 4.74 Å². The maximum Gasteiger partial charge on any atom is 0.167 e. The van der Waals surface area contributed by atoms with E-state index >= 15 is 0 Å². The van der Waals surface area contributed by atoms with Gasteiger partial charge in [-0.1, -0.05) is 11.6 Å². The van der Waals surface area contributed by atoms with E-state index in [1.54, 1.807) is 12.3 Å². The molecule has 0 radical (unpaired) electrons. The van der Waals surface area contributed by atoms with E-state index in [9.17, 15) is 0 Å². The third-order valence-electron chi connectivity index (χ3n) is 3.07. The average molecular weight is 258 g/mol. The number of fused-ring (bicyclic) bond motifs is 5. The van der Waals surface area contributed by atoms with Gasteiger partial charge in [0.05, 0.1) is 5.69 Å². The quantitative estimate of drug-likeness (QED) is 0.581. The van der Waals surface area contributed by atoms with Crippen molar-refractivity contribution in [2.75, 3.05) is 0 Å². The second-order valence-corrected chi connectivity index (χ2v) is 4.52. The Kier molecular flexibility index (Phi) is 1.91. The number of hydrogen-bond acceptors (Lipinski definition) is 3. The molecule has 0 fully saturated rings. The number of pyridine rings is 2. The molecule has 3 aromatic heterocycles. The zero-order valence-corrected chi connectivity index (χ0v) is 10.1. The lowest BCUT2D eigenvalue weighted by molar-refractivity contribution is 0.233. The standard InChI is InChI=1S/C13H8ClN3O/c14-11-4-3-10-12(16-11)9-6-8-2-1-5-15-13(8)17(9)7-18-10/h1-6H,7H2. The van der Waals surface area contributed by atoms with Crippen molar-refractivity contribution in [1.82, 2.24) is 14.5 Å². The number of nitrogens with zero attached hydrogens (tertiary/aromatic N) is 3. The first-order chi connectivity index (χ1) is 8.83. The summed E-state index contributed by atoms with van der Waals surface area (Å²) in [5, 5.41) is 1.54. The minimum absolute atomic E-state index is 0.451. The molecule has 1 aliphatic rings. The van der Waals surface area contributed by atoms with Crippen LogP contribution in [0, 0.1) is 0 Å². The third kappa shape index (κ3) is 1.26. The van der Waals surface area contributed by atoms with Crippen LogP contribution in [0.2, 0.25) is 5.15 Å². The van der Waals surface area contributed by atoms with E-state index in [0.29, 0.717) is 11.9 Å². The Morgan fingerprint density at radius 3 is 3.17 bits per heavy atom. The highest BCUT2D eigenvalue weighted by Crippen LogP contribution is 2.36. The van der Waals surface area contributed by atoms with Crippen molar-refractivity contribution in [2.24, 2.45) is 0 Å². The van der Waals surface area contributed by atoms with E-state index in [1.807, 2.05) is 22.8 Å². The SMILES string of the molecule is Clc1ccc2c(n1)-c1cc3cccnc3n1CO2. The predicted octanol–water partition coefficient (Wildman–Crippen LogP) is 3.10. The number of ether oxygens (including phenoxy) is 1. The monoisotopic (exact) mass is 257 g/mol. The summed E-state index contributed by atoms with van der Waals surface area (Å²) in [6.45, 7) is 0.451. The van der Waals surface area contributed by atoms with Gasteiger partial charge in [-0.3, -0.25) is 4.57 Å². The molecule has 4 rings (SSSR count). The molecule has 18 heavy (non-hydrogen) atoms. The number of aromatic nitrogens is 3. The summed E-state index contributed by atoms with van der Waals surface area (Å²) in [7, 11) is 0. The maximum atomic E-state index is 5.95. The van der Waals surface area contributed by atoms with E-state index in [4.69, 9.17) is 16.3 Å². The van der Waals surface area contributed by atoms with Crippen molar-refractivity contribution in [1.29, 1.82) is 0 Å². The van der Waals surface area contributed by atoms with Gasteiger partial charge in [0.1, 0.15) is 22.2 Å². The summed E-state index contributed by atoms with van der Waals surface area (Å²) in [6.07, 6.45) is 1.77. The number of hydrogen-bond donors (Lipinski definition) is 0. The second-order valence-electron chi connectivity index (χ2n) is 4.13. The molecule has 0 N–H and O–H groups in total. The Morgan fingerprint density at radius 1 is 1.28 bits per heavy atom.